The van der Waals surface area contributed by atoms with Crippen molar-refractivity contribution in [1.82, 2.24) is 4.98 Å². The number of rotatable bonds is 0. The zero-order valence-corrected chi connectivity index (χ0v) is 6.22. The minimum absolute atomic E-state index is 0.0342. The van der Waals surface area contributed by atoms with Crippen LogP contribution in [0.1, 0.15) is 0 Å². The SMILES string of the molecule is Bc1nc(F)c(B)c(O)c1O. The molecule has 0 saturated heterocycles. The van der Waals surface area contributed by atoms with Gasteiger partial charge in [0, 0.05) is 11.1 Å². The minimum Gasteiger partial charge on any atom is -0.505 e. The summed E-state index contributed by atoms with van der Waals surface area (Å²) in [5.41, 5.74) is 0.0544. The Balaban J connectivity index is 3.46. The van der Waals surface area contributed by atoms with E-state index in [1.165, 1.54) is 15.7 Å². The van der Waals surface area contributed by atoms with E-state index in [1.54, 1.807) is 0 Å². The monoisotopic (exact) mass is 153 g/mol. The lowest BCUT2D eigenvalue weighted by Gasteiger charge is -2.04. The molecular weight excluding hydrogens is 147 g/mol. The Morgan fingerprint density at radius 1 is 1.18 bits per heavy atom. The first-order valence-corrected chi connectivity index (χ1v) is 3.08. The minimum atomic E-state index is -0.752. The van der Waals surface area contributed by atoms with Gasteiger partial charge in [0.15, 0.2) is 27.2 Å². The fourth-order valence-corrected chi connectivity index (χ4v) is 0.731. The molecule has 0 spiro atoms. The standard InChI is InChI=1S/C5H6B2FNO2/c6-1-2(10)3(11)4(7)9-5(1)8/h11H,6-7H2,(H,9,10). The molecule has 11 heavy (non-hydrogen) atoms. The number of hydrogen-bond acceptors (Lipinski definition) is 3. The van der Waals surface area contributed by atoms with Gasteiger partial charge >= 0.3 is 0 Å². The summed E-state index contributed by atoms with van der Waals surface area (Å²) in [6.45, 7) is 0. The van der Waals surface area contributed by atoms with Crippen LogP contribution >= 0.6 is 0 Å². The Morgan fingerprint density at radius 3 is 2.27 bits per heavy atom. The summed E-state index contributed by atoms with van der Waals surface area (Å²) < 4.78 is 12.6. The molecule has 3 nitrogen and oxygen atoms in total. The molecule has 0 saturated carbocycles. The Labute approximate surface area is 64.7 Å². The lowest BCUT2D eigenvalue weighted by atomic mass is 9.92. The largest absolute Gasteiger partial charge is 0.505 e. The summed E-state index contributed by atoms with van der Waals surface area (Å²) in [6, 6.07) is 0. The molecule has 0 aliphatic carbocycles. The van der Waals surface area contributed by atoms with E-state index in [0.29, 0.717) is 0 Å². The van der Waals surface area contributed by atoms with Gasteiger partial charge in [0.2, 0.25) is 5.95 Å². The lowest BCUT2D eigenvalue weighted by molar-refractivity contribution is 0.403. The first-order chi connectivity index (χ1) is 5.04. The fraction of sp³-hybridized carbons (Fsp3) is 0. The molecule has 0 atom stereocenters. The number of halogens is 1. The second-order valence-electron chi connectivity index (χ2n) is 2.31. The van der Waals surface area contributed by atoms with Crippen molar-refractivity contribution in [2.45, 2.75) is 0 Å². The van der Waals surface area contributed by atoms with E-state index in [0.717, 1.165) is 0 Å². The van der Waals surface area contributed by atoms with Crippen LogP contribution in [0.5, 0.6) is 11.5 Å². The molecule has 0 bridgehead atoms. The molecule has 0 radical (unpaired) electrons. The number of pyridine rings is 1. The third kappa shape index (κ3) is 1.15. The van der Waals surface area contributed by atoms with Gasteiger partial charge in [0.1, 0.15) is 0 Å². The Kier molecular flexibility index (Phi) is 1.76. The van der Waals surface area contributed by atoms with E-state index in [2.05, 4.69) is 4.98 Å². The van der Waals surface area contributed by atoms with Gasteiger partial charge in [-0.25, -0.2) is 4.98 Å². The van der Waals surface area contributed by atoms with Crippen molar-refractivity contribution in [2.75, 3.05) is 0 Å². The summed E-state index contributed by atoms with van der Waals surface area (Å²) in [7, 11) is 2.76. The van der Waals surface area contributed by atoms with Crippen LogP contribution in [0, 0.1) is 5.95 Å². The van der Waals surface area contributed by atoms with Gasteiger partial charge in [-0.2, -0.15) is 4.39 Å². The maximum Gasteiger partial charge on any atom is 0.209 e. The van der Waals surface area contributed by atoms with Gasteiger partial charge < -0.3 is 10.2 Å². The van der Waals surface area contributed by atoms with Crippen LogP contribution < -0.4 is 11.1 Å². The third-order valence-electron chi connectivity index (χ3n) is 1.50. The average molecular weight is 153 g/mol. The van der Waals surface area contributed by atoms with Gasteiger partial charge in [-0.3, -0.25) is 0 Å². The van der Waals surface area contributed by atoms with Gasteiger partial charge in [-0.15, -0.1) is 0 Å². The van der Waals surface area contributed by atoms with Crippen LogP contribution in [-0.2, 0) is 0 Å². The Morgan fingerprint density at radius 2 is 1.73 bits per heavy atom. The van der Waals surface area contributed by atoms with Crippen LogP contribution in [0.25, 0.3) is 0 Å². The van der Waals surface area contributed by atoms with Gasteiger partial charge in [0.25, 0.3) is 0 Å². The van der Waals surface area contributed by atoms with Crippen LogP contribution in [0.15, 0.2) is 0 Å². The summed E-state index contributed by atoms with van der Waals surface area (Å²) in [4.78, 5) is 3.36. The molecule has 0 aromatic carbocycles. The second-order valence-corrected chi connectivity index (χ2v) is 2.31. The van der Waals surface area contributed by atoms with Crippen LogP contribution in [0.2, 0.25) is 0 Å². The van der Waals surface area contributed by atoms with Gasteiger partial charge in [-0.1, -0.05) is 0 Å². The maximum absolute atomic E-state index is 12.6. The van der Waals surface area contributed by atoms with E-state index in [9.17, 15) is 4.39 Å². The molecule has 1 aromatic rings. The zero-order chi connectivity index (χ0) is 8.59. The number of hydrogen-bond donors (Lipinski definition) is 2. The van der Waals surface area contributed by atoms with E-state index in [4.69, 9.17) is 10.2 Å². The van der Waals surface area contributed by atoms with Gasteiger partial charge in [-0.05, 0) is 0 Å². The van der Waals surface area contributed by atoms with E-state index in [1.807, 2.05) is 0 Å². The van der Waals surface area contributed by atoms with Crippen LogP contribution in [0.3, 0.4) is 0 Å². The smallest absolute Gasteiger partial charge is 0.209 e. The van der Waals surface area contributed by atoms with E-state index < -0.39 is 11.7 Å². The molecule has 0 fully saturated rings. The molecule has 1 aromatic heterocycles. The van der Waals surface area contributed by atoms with E-state index in [-0.39, 0.29) is 16.8 Å². The second kappa shape index (κ2) is 2.45. The fourth-order valence-electron chi connectivity index (χ4n) is 0.731. The predicted octanol–water partition coefficient (Wildman–Crippen LogP) is -2.85. The van der Waals surface area contributed by atoms with E-state index >= 15 is 0 Å². The molecule has 2 N–H and O–H groups in total. The molecule has 1 heterocycles. The first kappa shape index (κ1) is 7.91. The summed E-state index contributed by atoms with van der Waals surface area (Å²) in [5.74, 6) is -1.54. The number of nitrogens with zero attached hydrogens (tertiary/aromatic N) is 1. The van der Waals surface area contributed by atoms with Crippen molar-refractivity contribution in [2.24, 2.45) is 0 Å². The number of aromatic nitrogens is 1. The Hall–Kier alpha value is -1.19. The highest BCUT2D eigenvalue weighted by molar-refractivity contribution is 6.37. The quantitative estimate of drug-likeness (QED) is 0.311. The molecule has 56 valence electrons. The van der Waals surface area contributed by atoms with Crippen molar-refractivity contribution in [3.05, 3.63) is 5.95 Å². The van der Waals surface area contributed by atoms with Crippen molar-refractivity contribution in [1.29, 1.82) is 0 Å². The van der Waals surface area contributed by atoms with Gasteiger partial charge in [0.05, 0.1) is 0 Å². The molecule has 1 rings (SSSR count). The average Bonchev–Trinajstić information content (AvgIpc) is 1.97. The van der Waals surface area contributed by atoms with Crippen LogP contribution in [0.4, 0.5) is 4.39 Å². The summed E-state index contributed by atoms with van der Waals surface area (Å²) >= 11 is 0. The van der Waals surface area contributed by atoms with Crippen molar-refractivity contribution in [3.63, 3.8) is 0 Å². The lowest BCUT2D eigenvalue weighted by Crippen LogP contribution is -2.21. The van der Waals surface area contributed by atoms with Crippen molar-refractivity contribution < 1.29 is 14.6 Å². The molecule has 6 heteroatoms. The summed E-state index contributed by atoms with van der Waals surface area (Å²) in [5, 5.41) is 18.1. The topological polar surface area (TPSA) is 53.4 Å². The molecule has 0 aliphatic rings. The maximum atomic E-state index is 12.6. The third-order valence-corrected chi connectivity index (χ3v) is 1.50. The zero-order valence-electron chi connectivity index (χ0n) is 6.22. The molecule has 0 amide bonds. The number of aromatic hydroxyl groups is 2. The highest BCUT2D eigenvalue weighted by Gasteiger charge is 2.11. The normalized spacial score (nSPS) is 9.91. The Bertz CT molecular complexity index is 279. The summed E-state index contributed by atoms with van der Waals surface area (Å²) in [6.07, 6.45) is 0. The highest BCUT2D eigenvalue weighted by atomic mass is 19.1. The van der Waals surface area contributed by atoms with Crippen molar-refractivity contribution >= 4 is 26.7 Å². The predicted molar refractivity (Wildman–Crippen MR) is 43.9 cm³/mol. The molecular formula is C5H6B2FNO2. The molecule has 0 aliphatic heterocycles. The highest BCUT2D eigenvalue weighted by Crippen LogP contribution is 2.16. The van der Waals surface area contributed by atoms with Crippen molar-refractivity contribution in [3.8, 4) is 11.5 Å². The molecule has 0 unspecified atom stereocenters. The first-order valence-electron chi connectivity index (χ1n) is 3.08. The van der Waals surface area contributed by atoms with Crippen LogP contribution in [-0.4, -0.2) is 30.9 Å².